The molecule has 1 aromatic rings. The number of hydrogen-bond acceptors (Lipinski definition) is 4. The summed E-state index contributed by atoms with van der Waals surface area (Å²) in [5, 5.41) is 14.8. The molecule has 19 heavy (non-hydrogen) atoms. The van der Waals surface area contributed by atoms with Crippen molar-refractivity contribution >= 4 is 35.1 Å². The van der Waals surface area contributed by atoms with Crippen LogP contribution in [0.15, 0.2) is 23.2 Å². The van der Waals surface area contributed by atoms with E-state index >= 15 is 0 Å². The van der Waals surface area contributed by atoms with Gasteiger partial charge in [0.05, 0.1) is 13.0 Å². The second kappa shape index (κ2) is 4.91. The minimum absolute atomic E-state index is 0.156. The second-order valence-corrected chi connectivity index (χ2v) is 4.49. The van der Waals surface area contributed by atoms with Crippen molar-refractivity contribution in [3.8, 4) is 0 Å². The molecule has 1 atom stereocenters. The number of carbonyl (C=O) groups is 2. The molecule has 0 bridgehead atoms. The van der Waals surface area contributed by atoms with Crippen LogP contribution in [0.3, 0.4) is 0 Å². The maximum atomic E-state index is 12.2. The van der Waals surface area contributed by atoms with Gasteiger partial charge in [-0.15, -0.1) is 0 Å². The Hall–Kier alpha value is -2.05. The van der Waals surface area contributed by atoms with Gasteiger partial charge in [0, 0.05) is 11.8 Å². The fraction of sp³-hybridized carbons (Fsp3) is 0.308. The molecular weight excluding hydrogens is 246 g/mol. The summed E-state index contributed by atoms with van der Waals surface area (Å²) in [6.45, 7) is 3.51. The van der Waals surface area contributed by atoms with E-state index in [0.717, 1.165) is 0 Å². The first kappa shape index (κ1) is 13.4. The van der Waals surface area contributed by atoms with Gasteiger partial charge in [-0.05, 0) is 26.0 Å². The highest BCUT2D eigenvalue weighted by Gasteiger charge is 2.26. The molecule has 1 heterocycles. The number of ketones is 1. The number of amides is 1. The molecule has 6 nitrogen and oxygen atoms in total. The zero-order chi connectivity index (χ0) is 14.0. The number of hydroxylamine groups is 2. The average Bonchev–Trinajstić information content (AvgIpc) is 2.66. The van der Waals surface area contributed by atoms with E-state index in [1.165, 1.54) is 13.3 Å². The minimum Gasteiger partial charge on any atom is -0.621 e. The van der Waals surface area contributed by atoms with Crippen molar-refractivity contribution < 1.29 is 9.59 Å². The van der Waals surface area contributed by atoms with Crippen molar-refractivity contribution in [1.29, 1.82) is 0 Å². The van der Waals surface area contributed by atoms with E-state index in [9.17, 15) is 14.8 Å². The zero-order valence-electron chi connectivity index (χ0n) is 10.8. The molecule has 1 N–H and O–H groups in total. The molecule has 0 aliphatic carbocycles. The fourth-order valence-electron chi connectivity index (χ4n) is 1.93. The Labute approximate surface area is 110 Å². The number of nitrogens with zero attached hydrogens (tertiary/aromatic N) is 2. The number of aliphatic imine (C=N–C) groups is 1. The number of Topliss-reactive ketones (excluding diaryl/α,β-unsaturated/α-hetero) is 1. The highest BCUT2D eigenvalue weighted by molar-refractivity contribution is 6.04. The third-order valence-electron chi connectivity index (χ3n) is 2.93. The van der Waals surface area contributed by atoms with Crippen LogP contribution in [0.2, 0.25) is 0 Å². The maximum absolute atomic E-state index is 12.2. The molecule has 1 unspecified atom stereocenters. The Morgan fingerprint density at radius 2 is 2.16 bits per heavy atom. The smallest absolute Gasteiger partial charge is 0.231 e. The molecule has 100 valence electrons. The normalized spacial score (nSPS) is 20.2. The van der Waals surface area contributed by atoms with E-state index in [1.54, 1.807) is 25.1 Å². The molecule has 2 rings (SSSR count). The van der Waals surface area contributed by atoms with Gasteiger partial charge < -0.3 is 10.5 Å². The molecule has 0 radical (unpaired) electrons. The van der Waals surface area contributed by atoms with Crippen molar-refractivity contribution in [2.75, 3.05) is 11.9 Å². The predicted octanol–water partition coefficient (Wildman–Crippen LogP) is 2.10. The lowest BCUT2D eigenvalue weighted by atomic mass is 10.2. The van der Waals surface area contributed by atoms with Gasteiger partial charge in [-0.1, -0.05) is 0 Å². The predicted molar refractivity (Wildman–Crippen MR) is 74.2 cm³/mol. The van der Waals surface area contributed by atoms with Crippen LogP contribution in [0.1, 0.15) is 20.3 Å². The third-order valence-corrected chi connectivity index (χ3v) is 2.93. The van der Waals surface area contributed by atoms with Crippen molar-refractivity contribution in [3.05, 3.63) is 23.4 Å². The molecular formula is C13H15N3O3. The van der Waals surface area contributed by atoms with Crippen LogP contribution >= 0.6 is 0 Å². The van der Waals surface area contributed by atoms with Gasteiger partial charge in [-0.2, -0.15) is 4.99 Å². The van der Waals surface area contributed by atoms with E-state index in [2.05, 4.69) is 10.3 Å². The molecule has 0 saturated carbocycles. The second-order valence-electron chi connectivity index (χ2n) is 4.49. The quantitative estimate of drug-likeness (QED) is 0.512. The molecule has 1 aliphatic rings. The highest BCUT2D eigenvalue weighted by atomic mass is 16.5. The molecule has 1 aliphatic heterocycles. The number of carbonyl (C=O) groups excluding carboxylic acids is 2. The summed E-state index contributed by atoms with van der Waals surface area (Å²) in [7, 11) is 0. The zero-order valence-corrected chi connectivity index (χ0v) is 10.8. The first-order valence-electron chi connectivity index (χ1n) is 6.02. The number of quaternary nitrogens is 1. The van der Waals surface area contributed by atoms with Gasteiger partial charge in [-0.25, -0.2) is 0 Å². The van der Waals surface area contributed by atoms with Crippen LogP contribution in [0, 0.1) is 5.21 Å². The number of nitrogens with one attached hydrogen (secondary N) is 1. The van der Waals surface area contributed by atoms with E-state index in [4.69, 9.17) is 0 Å². The van der Waals surface area contributed by atoms with Crippen molar-refractivity contribution in [1.82, 2.24) is 4.65 Å². The van der Waals surface area contributed by atoms with Gasteiger partial charge >= 0.3 is 0 Å². The number of anilines is 1. The first-order chi connectivity index (χ1) is 8.94. The lowest BCUT2D eigenvalue weighted by molar-refractivity contribution is -0.124. The molecule has 1 amide bonds. The Bertz CT molecular complexity index is 568. The molecule has 1 aromatic carbocycles. The highest BCUT2D eigenvalue weighted by Crippen LogP contribution is 2.38. The van der Waals surface area contributed by atoms with Gasteiger partial charge in [0.15, 0.2) is 12.0 Å². The van der Waals surface area contributed by atoms with Crippen LogP contribution in [0.4, 0.5) is 17.1 Å². The van der Waals surface area contributed by atoms with E-state index in [1.807, 2.05) is 0 Å². The van der Waals surface area contributed by atoms with E-state index < -0.39 is 4.65 Å². The van der Waals surface area contributed by atoms with Crippen molar-refractivity contribution in [3.63, 3.8) is 0 Å². The van der Waals surface area contributed by atoms with Crippen molar-refractivity contribution in [2.45, 2.75) is 20.3 Å². The lowest BCUT2D eigenvalue weighted by Gasteiger charge is -2.33. The topological polar surface area (TPSA) is 81.6 Å². The van der Waals surface area contributed by atoms with Crippen LogP contribution in [-0.4, -0.2) is 24.6 Å². The Morgan fingerprint density at radius 1 is 1.42 bits per heavy atom. The summed E-state index contributed by atoms with van der Waals surface area (Å²) in [5.41, 5.74) is 1.65. The van der Waals surface area contributed by atoms with Gasteiger partial charge in [-0.3, -0.25) is 14.2 Å². The SMILES string of the molecule is CC[N+]1([O-])C=Nc2cc(NC(=O)CC(C)=O)ccc21. The summed E-state index contributed by atoms with van der Waals surface area (Å²) in [6.07, 6.45) is 1.18. The van der Waals surface area contributed by atoms with Gasteiger partial charge in [0.2, 0.25) is 5.91 Å². The van der Waals surface area contributed by atoms with Crippen LogP contribution < -0.4 is 9.96 Å². The molecule has 6 heteroatoms. The van der Waals surface area contributed by atoms with E-state index in [0.29, 0.717) is 23.6 Å². The van der Waals surface area contributed by atoms with Crippen LogP contribution in [-0.2, 0) is 9.59 Å². The lowest BCUT2D eigenvalue weighted by Crippen LogP contribution is -2.39. The standard InChI is InChI=1S/C13H15N3O3/c1-3-16(19)8-14-11-7-10(4-5-12(11)16)15-13(18)6-9(2)17/h4-5,7-8H,3,6H2,1-2H3,(H,15,18). The summed E-state index contributed by atoms with van der Waals surface area (Å²) < 4.78 is -0.586. The first-order valence-corrected chi connectivity index (χ1v) is 6.02. The third kappa shape index (κ3) is 2.69. The monoisotopic (exact) mass is 261 g/mol. The molecule has 0 saturated heterocycles. The Kier molecular flexibility index (Phi) is 3.46. The molecule has 0 spiro atoms. The number of benzene rings is 1. The Balaban J connectivity index is 2.18. The van der Waals surface area contributed by atoms with Gasteiger partial charge in [0.25, 0.3) is 0 Å². The summed E-state index contributed by atoms with van der Waals surface area (Å²) in [4.78, 5) is 26.4. The van der Waals surface area contributed by atoms with Crippen molar-refractivity contribution in [2.24, 2.45) is 4.99 Å². The van der Waals surface area contributed by atoms with Crippen LogP contribution in [0.5, 0.6) is 0 Å². The molecule has 0 fully saturated rings. The summed E-state index contributed by atoms with van der Waals surface area (Å²) in [6, 6.07) is 4.94. The van der Waals surface area contributed by atoms with Crippen LogP contribution in [0.25, 0.3) is 0 Å². The maximum Gasteiger partial charge on any atom is 0.231 e. The minimum atomic E-state index is -0.586. The Morgan fingerprint density at radius 3 is 2.79 bits per heavy atom. The molecule has 0 aromatic heterocycles. The summed E-state index contributed by atoms with van der Waals surface area (Å²) in [5.74, 6) is -0.564. The summed E-state index contributed by atoms with van der Waals surface area (Å²) >= 11 is 0. The largest absolute Gasteiger partial charge is 0.621 e. The van der Waals surface area contributed by atoms with E-state index in [-0.39, 0.29) is 18.1 Å². The van der Waals surface area contributed by atoms with Gasteiger partial charge in [0.1, 0.15) is 11.5 Å². The average molecular weight is 261 g/mol. The number of rotatable bonds is 4. The number of fused-ring (bicyclic) bond motifs is 1. The number of hydrogen-bond donors (Lipinski definition) is 1. The fourth-order valence-corrected chi connectivity index (χ4v) is 1.93.